The Morgan fingerprint density at radius 3 is 2.43 bits per heavy atom. The fraction of sp³-hybridized carbons (Fsp3) is 0.538. The molecule has 8 heteroatoms. The second-order valence-corrected chi connectivity index (χ2v) is 4.70. The third-order valence-electron chi connectivity index (χ3n) is 3.09. The van der Waals surface area contributed by atoms with Crippen LogP contribution in [0.3, 0.4) is 0 Å². The third-order valence-corrected chi connectivity index (χ3v) is 3.09. The summed E-state index contributed by atoms with van der Waals surface area (Å²) in [6, 6.07) is 4.11. The minimum atomic E-state index is -4.38. The third kappa shape index (κ3) is 4.82. The molecule has 0 bridgehead atoms. The van der Waals surface area contributed by atoms with E-state index < -0.39 is 18.4 Å². The molecule has 118 valence electrons. The van der Waals surface area contributed by atoms with E-state index in [4.69, 9.17) is 4.74 Å². The molecular weight excluding hydrogens is 297 g/mol. The molecule has 2 rings (SSSR count). The minimum absolute atomic E-state index is 0.134. The Hall–Kier alpha value is -1.41. The topological polar surface area (TPSA) is 30.5 Å². The van der Waals surface area contributed by atoms with Crippen LogP contribution < -0.4 is 10.1 Å². The molecule has 1 heterocycles. The zero-order valence-electron chi connectivity index (χ0n) is 10.9. The first-order valence-electron chi connectivity index (χ1n) is 6.31. The summed E-state index contributed by atoms with van der Waals surface area (Å²) in [5.41, 5.74) is -0.748. The molecule has 1 aromatic rings. The van der Waals surface area contributed by atoms with Gasteiger partial charge in [0.2, 0.25) is 0 Å². The smallest absolute Gasteiger partial charge is 0.416 e. The molecule has 1 N–H and O–H groups in total. The molecule has 0 amide bonds. The van der Waals surface area contributed by atoms with E-state index in [-0.39, 0.29) is 18.8 Å². The summed E-state index contributed by atoms with van der Waals surface area (Å²) in [5, 5.41) is 2.95. The van der Waals surface area contributed by atoms with Crippen LogP contribution in [-0.2, 0) is 10.9 Å². The summed E-state index contributed by atoms with van der Waals surface area (Å²) in [7, 11) is 0. The largest absolute Gasteiger partial charge is 0.489 e. The van der Waals surface area contributed by atoms with Gasteiger partial charge in [0, 0.05) is 19.0 Å². The van der Waals surface area contributed by atoms with Gasteiger partial charge in [-0.15, -0.1) is 0 Å². The maximum Gasteiger partial charge on any atom is 0.416 e. The van der Waals surface area contributed by atoms with Crippen molar-refractivity contribution in [3.05, 3.63) is 29.8 Å². The van der Waals surface area contributed by atoms with Crippen LogP contribution >= 0.6 is 0 Å². The Morgan fingerprint density at radius 1 is 1.19 bits per heavy atom. The first kappa shape index (κ1) is 16.0. The molecular formula is C13H14F5NO2. The van der Waals surface area contributed by atoms with Crippen LogP contribution in [0.1, 0.15) is 12.0 Å². The Labute approximate surface area is 118 Å². The Bertz CT molecular complexity index is 449. The highest BCUT2D eigenvalue weighted by Crippen LogP contribution is 2.30. The lowest BCUT2D eigenvalue weighted by molar-refractivity contribution is -0.137. The van der Waals surface area contributed by atoms with Crippen LogP contribution in [0.5, 0.6) is 5.75 Å². The molecule has 0 aliphatic carbocycles. The number of alkyl halides is 5. The van der Waals surface area contributed by atoms with E-state index >= 15 is 0 Å². The summed E-state index contributed by atoms with van der Waals surface area (Å²) in [5.74, 6) is 0.310. The highest BCUT2D eigenvalue weighted by Gasteiger charge is 2.30. The van der Waals surface area contributed by atoms with E-state index in [2.05, 4.69) is 10.1 Å². The molecule has 1 aliphatic heterocycles. The summed E-state index contributed by atoms with van der Waals surface area (Å²) >= 11 is 0. The Kier molecular flexibility index (Phi) is 5.00. The first-order chi connectivity index (χ1) is 9.84. The molecule has 2 atom stereocenters. The molecule has 0 aromatic heterocycles. The monoisotopic (exact) mass is 311 g/mol. The molecule has 1 fully saturated rings. The highest BCUT2D eigenvalue weighted by molar-refractivity contribution is 5.29. The molecule has 3 nitrogen and oxygen atoms in total. The fourth-order valence-corrected chi connectivity index (χ4v) is 2.10. The van der Waals surface area contributed by atoms with Crippen molar-refractivity contribution in [3.63, 3.8) is 0 Å². The van der Waals surface area contributed by atoms with Gasteiger partial charge in [0.15, 0.2) is 0 Å². The zero-order chi connectivity index (χ0) is 15.5. The average molecular weight is 311 g/mol. The van der Waals surface area contributed by atoms with Crippen molar-refractivity contribution < 1.29 is 31.4 Å². The molecule has 0 spiro atoms. The van der Waals surface area contributed by atoms with Crippen molar-refractivity contribution in [1.82, 2.24) is 5.32 Å². The quantitative estimate of drug-likeness (QED) is 0.848. The fourth-order valence-electron chi connectivity index (χ4n) is 2.10. The van der Waals surface area contributed by atoms with Crippen molar-refractivity contribution >= 4 is 0 Å². The van der Waals surface area contributed by atoms with Crippen LogP contribution in [0.15, 0.2) is 24.3 Å². The molecule has 0 radical (unpaired) electrons. The molecule has 1 saturated heterocycles. The number of hydrogen-bond acceptors (Lipinski definition) is 3. The number of rotatable bonds is 5. The summed E-state index contributed by atoms with van der Waals surface area (Å²) in [6.07, 6.45) is -4.22. The number of nitrogens with one attached hydrogen (secondary N) is 1. The van der Waals surface area contributed by atoms with Crippen molar-refractivity contribution in [2.45, 2.75) is 31.4 Å². The second kappa shape index (κ2) is 6.57. The maximum atomic E-state index is 12.4. The van der Waals surface area contributed by atoms with Gasteiger partial charge in [-0.05, 0) is 24.3 Å². The predicted molar refractivity (Wildman–Crippen MR) is 64.2 cm³/mol. The van der Waals surface area contributed by atoms with Crippen LogP contribution in [-0.4, -0.2) is 31.9 Å². The molecule has 0 saturated carbocycles. The maximum absolute atomic E-state index is 12.4. The van der Waals surface area contributed by atoms with Gasteiger partial charge in [0.25, 0.3) is 0 Å². The highest BCUT2D eigenvalue weighted by atomic mass is 19.4. The van der Waals surface area contributed by atoms with Crippen molar-refractivity contribution in [2.75, 3.05) is 13.2 Å². The predicted octanol–water partition coefficient (Wildman–Crippen LogP) is 3.05. The molecule has 21 heavy (non-hydrogen) atoms. The van der Waals surface area contributed by atoms with E-state index in [0.29, 0.717) is 18.7 Å². The number of benzene rings is 1. The number of halogens is 5. The summed E-state index contributed by atoms with van der Waals surface area (Å²) in [4.78, 5) is 0. The van der Waals surface area contributed by atoms with Gasteiger partial charge in [-0.25, -0.2) is 0 Å². The zero-order valence-corrected chi connectivity index (χ0v) is 10.9. The van der Waals surface area contributed by atoms with E-state index in [1.807, 2.05) is 0 Å². The second-order valence-electron chi connectivity index (χ2n) is 4.70. The number of hydrogen-bond donors (Lipinski definition) is 1. The molecule has 0 unspecified atom stereocenters. The van der Waals surface area contributed by atoms with Gasteiger partial charge in [-0.2, -0.15) is 22.0 Å². The van der Waals surface area contributed by atoms with Gasteiger partial charge in [-0.1, -0.05) is 0 Å². The lowest BCUT2D eigenvalue weighted by atomic mass is 10.2. The lowest BCUT2D eigenvalue weighted by Gasteiger charge is -2.14. The number of ether oxygens (including phenoxy) is 2. The van der Waals surface area contributed by atoms with Crippen LogP contribution in [0.2, 0.25) is 0 Å². The van der Waals surface area contributed by atoms with E-state index in [0.717, 1.165) is 12.1 Å². The van der Waals surface area contributed by atoms with Crippen molar-refractivity contribution in [2.24, 2.45) is 0 Å². The molecule has 1 aliphatic rings. The van der Waals surface area contributed by atoms with Crippen molar-refractivity contribution in [1.29, 1.82) is 0 Å². The van der Waals surface area contributed by atoms with Gasteiger partial charge >= 0.3 is 12.8 Å². The van der Waals surface area contributed by atoms with Crippen LogP contribution in [0.25, 0.3) is 0 Å². The SMILES string of the molecule is FC(F)OC[C@@H]1C[C@H](Oc2ccc(C(F)(F)F)cc2)CN1. The van der Waals surface area contributed by atoms with E-state index in [1.165, 1.54) is 12.1 Å². The van der Waals surface area contributed by atoms with Gasteiger partial charge in [-0.3, -0.25) is 0 Å². The van der Waals surface area contributed by atoms with Crippen LogP contribution in [0.4, 0.5) is 22.0 Å². The van der Waals surface area contributed by atoms with Crippen molar-refractivity contribution in [3.8, 4) is 5.75 Å². The summed E-state index contributed by atoms with van der Waals surface area (Å²) in [6.45, 7) is -2.52. The first-order valence-corrected chi connectivity index (χ1v) is 6.31. The van der Waals surface area contributed by atoms with Crippen LogP contribution in [0, 0.1) is 0 Å². The van der Waals surface area contributed by atoms with Gasteiger partial charge in [0.1, 0.15) is 11.9 Å². The minimum Gasteiger partial charge on any atom is -0.489 e. The Morgan fingerprint density at radius 2 is 1.86 bits per heavy atom. The normalized spacial score (nSPS) is 22.8. The van der Waals surface area contributed by atoms with Gasteiger partial charge < -0.3 is 14.8 Å². The lowest BCUT2D eigenvalue weighted by Crippen LogP contribution is -2.27. The van der Waals surface area contributed by atoms with E-state index in [9.17, 15) is 22.0 Å². The Balaban J connectivity index is 1.83. The van der Waals surface area contributed by atoms with E-state index in [1.54, 1.807) is 0 Å². The average Bonchev–Trinajstić information content (AvgIpc) is 2.83. The summed E-state index contributed by atoms with van der Waals surface area (Å²) < 4.78 is 70.7. The van der Waals surface area contributed by atoms with Gasteiger partial charge in [0.05, 0.1) is 12.2 Å². The molecule has 1 aromatic carbocycles. The standard InChI is InChI=1S/C13H14F5NO2/c14-12(15)20-7-9-5-11(6-19-9)21-10-3-1-8(2-4-10)13(16,17)18/h1-4,9,11-12,19H,5-7H2/t9-,11-/m0/s1.